The molecule has 0 bridgehead atoms. The molecule has 2 heterocycles. The van der Waals surface area contributed by atoms with Gasteiger partial charge in [-0.1, -0.05) is 0 Å². The van der Waals surface area contributed by atoms with Crippen LogP contribution in [0, 0.1) is 11.8 Å². The molecule has 2 heteroatoms. The molecule has 0 spiro atoms. The Labute approximate surface area is 79.7 Å². The number of nitrogens with one attached hydrogen (secondary N) is 1. The van der Waals surface area contributed by atoms with Crippen molar-refractivity contribution in [2.24, 2.45) is 11.8 Å². The standard InChI is InChI=1S/C10H19NS/c1-5-11-6-2-10-4-8-12-7-3-9(1)10/h9-11H,1-8H2. The molecule has 0 aromatic heterocycles. The summed E-state index contributed by atoms with van der Waals surface area (Å²) in [6.07, 6.45) is 5.84. The smallest absolute Gasteiger partial charge is 0.00462 e. The summed E-state index contributed by atoms with van der Waals surface area (Å²) in [5.74, 6) is 4.94. The molecule has 2 saturated heterocycles. The zero-order valence-electron chi connectivity index (χ0n) is 7.72. The maximum Gasteiger partial charge on any atom is -0.00462 e. The first kappa shape index (κ1) is 8.89. The quantitative estimate of drug-likeness (QED) is 0.620. The highest BCUT2D eigenvalue weighted by atomic mass is 32.2. The van der Waals surface area contributed by atoms with Gasteiger partial charge < -0.3 is 5.32 Å². The summed E-state index contributed by atoms with van der Waals surface area (Å²) in [6, 6.07) is 0. The van der Waals surface area contributed by atoms with Gasteiger partial charge >= 0.3 is 0 Å². The van der Waals surface area contributed by atoms with E-state index in [1.54, 1.807) is 0 Å². The van der Waals surface area contributed by atoms with Crippen LogP contribution < -0.4 is 5.32 Å². The van der Waals surface area contributed by atoms with Crippen molar-refractivity contribution in [3.05, 3.63) is 0 Å². The summed E-state index contributed by atoms with van der Waals surface area (Å²) in [6.45, 7) is 2.54. The van der Waals surface area contributed by atoms with E-state index in [-0.39, 0.29) is 0 Å². The van der Waals surface area contributed by atoms with Crippen molar-refractivity contribution in [1.29, 1.82) is 0 Å². The van der Waals surface area contributed by atoms with Crippen molar-refractivity contribution >= 4 is 11.8 Å². The Kier molecular flexibility index (Phi) is 3.35. The third-order valence-corrected chi connectivity index (χ3v) is 4.37. The Balaban J connectivity index is 1.94. The third-order valence-electron chi connectivity index (χ3n) is 3.32. The average molecular weight is 185 g/mol. The second-order valence-electron chi connectivity index (χ2n) is 4.04. The number of thioether (sulfide) groups is 1. The van der Waals surface area contributed by atoms with Crippen molar-refractivity contribution in [1.82, 2.24) is 5.32 Å². The van der Waals surface area contributed by atoms with Crippen molar-refractivity contribution in [2.75, 3.05) is 24.6 Å². The molecule has 70 valence electrons. The molecule has 2 unspecified atom stereocenters. The van der Waals surface area contributed by atoms with E-state index in [2.05, 4.69) is 17.1 Å². The molecule has 1 N–H and O–H groups in total. The van der Waals surface area contributed by atoms with Gasteiger partial charge in [0.1, 0.15) is 0 Å². The first-order chi connectivity index (χ1) is 5.97. The lowest BCUT2D eigenvalue weighted by Gasteiger charge is -2.20. The SMILES string of the molecule is C1CC2CCSCCC2CCN1. The van der Waals surface area contributed by atoms with Crippen LogP contribution in [0.15, 0.2) is 0 Å². The van der Waals surface area contributed by atoms with E-state index in [1.807, 2.05) is 0 Å². The highest BCUT2D eigenvalue weighted by Gasteiger charge is 2.24. The summed E-state index contributed by atoms with van der Waals surface area (Å²) in [4.78, 5) is 0. The van der Waals surface area contributed by atoms with E-state index in [0.29, 0.717) is 0 Å². The zero-order chi connectivity index (χ0) is 8.23. The van der Waals surface area contributed by atoms with Crippen LogP contribution in [-0.4, -0.2) is 24.6 Å². The van der Waals surface area contributed by atoms with Crippen molar-refractivity contribution in [2.45, 2.75) is 25.7 Å². The Morgan fingerprint density at radius 1 is 0.833 bits per heavy atom. The van der Waals surface area contributed by atoms with E-state index < -0.39 is 0 Å². The molecule has 0 aliphatic carbocycles. The molecule has 2 aliphatic rings. The molecule has 2 fully saturated rings. The van der Waals surface area contributed by atoms with Gasteiger partial charge in [0, 0.05) is 0 Å². The van der Waals surface area contributed by atoms with Crippen LogP contribution in [0.2, 0.25) is 0 Å². The highest BCUT2D eigenvalue weighted by Crippen LogP contribution is 2.32. The van der Waals surface area contributed by atoms with Crippen LogP contribution in [0.1, 0.15) is 25.7 Å². The van der Waals surface area contributed by atoms with E-state index in [1.165, 1.54) is 50.3 Å². The maximum absolute atomic E-state index is 3.52. The zero-order valence-corrected chi connectivity index (χ0v) is 8.54. The predicted molar refractivity (Wildman–Crippen MR) is 55.6 cm³/mol. The Hall–Kier alpha value is 0.310. The first-order valence-corrected chi connectivity index (χ1v) is 6.41. The maximum atomic E-state index is 3.52. The van der Waals surface area contributed by atoms with Crippen LogP contribution in [0.3, 0.4) is 0 Å². The Morgan fingerprint density at radius 2 is 1.42 bits per heavy atom. The average Bonchev–Trinajstić information content (AvgIpc) is 2.38. The monoisotopic (exact) mass is 185 g/mol. The molecule has 0 aromatic carbocycles. The minimum Gasteiger partial charge on any atom is -0.317 e. The van der Waals surface area contributed by atoms with Crippen molar-refractivity contribution in [3.63, 3.8) is 0 Å². The van der Waals surface area contributed by atoms with Crippen LogP contribution in [0.4, 0.5) is 0 Å². The van der Waals surface area contributed by atoms with Gasteiger partial charge in [0.2, 0.25) is 0 Å². The summed E-state index contributed by atoms with van der Waals surface area (Å²) in [7, 11) is 0. The van der Waals surface area contributed by atoms with Crippen molar-refractivity contribution < 1.29 is 0 Å². The molecule has 2 aliphatic heterocycles. The molecule has 0 aromatic rings. The van der Waals surface area contributed by atoms with Gasteiger partial charge in [-0.3, -0.25) is 0 Å². The fraction of sp³-hybridized carbons (Fsp3) is 1.00. The molecule has 0 saturated carbocycles. The molecule has 2 atom stereocenters. The van der Waals surface area contributed by atoms with E-state index in [4.69, 9.17) is 0 Å². The van der Waals surface area contributed by atoms with Crippen LogP contribution in [0.5, 0.6) is 0 Å². The van der Waals surface area contributed by atoms with Gasteiger partial charge in [-0.05, 0) is 62.1 Å². The summed E-state index contributed by atoms with van der Waals surface area (Å²) in [5.41, 5.74) is 0. The number of hydrogen-bond donors (Lipinski definition) is 1. The summed E-state index contributed by atoms with van der Waals surface area (Å²) < 4.78 is 0. The minimum absolute atomic E-state index is 1.05. The van der Waals surface area contributed by atoms with Gasteiger partial charge in [-0.2, -0.15) is 11.8 Å². The molecule has 1 nitrogen and oxygen atoms in total. The molecule has 0 radical (unpaired) electrons. The first-order valence-electron chi connectivity index (χ1n) is 5.25. The number of hydrogen-bond acceptors (Lipinski definition) is 2. The summed E-state index contributed by atoms with van der Waals surface area (Å²) >= 11 is 2.17. The lowest BCUT2D eigenvalue weighted by atomic mass is 9.84. The second-order valence-corrected chi connectivity index (χ2v) is 5.26. The van der Waals surface area contributed by atoms with Gasteiger partial charge in [0.25, 0.3) is 0 Å². The molecule has 12 heavy (non-hydrogen) atoms. The molecule has 2 rings (SSSR count). The number of rotatable bonds is 0. The van der Waals surface area contributed by atoms with E-state index >= 15 is 0 Å². The Morgan fingerprint density at radius 3 is 2.00 bits per heavy atom. The summed E-state index contributed by atoms with van der Waals surface area (Å²) in [5, 5.41) is 3.52. The topological polar surface area (TPSA) is 12.0 Å². The lowest BCUT2D eigenvalue weighted by molar-refractivity contribution is 0.312. The highest BCUT2D eigenvalue weighted by molar-refractivity contribution is 7.99. The largest absolute Gasteiger partial charge is 0.317 e. The lowest BCUT2D eigenvalue weighted by Crippen LogP contribution is -2.14. The fourth-order valence-electron chi connectivity index (χ4n) is 2.50. The Bertz CT molecular complexity index is 110. The van der Waals surface area contributed by atoms with Gasteiger partial charge in [-0.25, -0.2) is 0 Å². The van der Waals surface area contributed by atoms with Gasteiger partial charge in [0.15, 0.2) is 0 Å². The van der Waals surface area contributed by atoms with Crippen LogP contribution >= 0.6 is 11.8 Å². The minimum atomic E-state index is 1.05. The van der Waals surface area contributed by atoms with Crippen LogP contribution in [-0.2, 0) is 0 Å². The van der Waals surface area contributed by atoms with E-state index in [9.17, 15) is 0 Å². The van der Waals surface area contributed by atoms with Crippen molar-refractivity contribution in [3.8, 4) is 0 Å². The molecule has 0 amide bonds. The molecular weight excluding hydrogens is 166 g/mol. The van der Waals surface area contributed by atoms with E-state index in [0.717, 1.165) is 11.8 Å². The fourth-order valence-corrected chi connectivity index (χ4v) is 3.65. The normalized spacial score (nSPS) is 38.0. The predicted octanol–water partition coefficient (Wildman–Crippen LogP) is 2.13. The van der Waals surface area contributed by atoms with Gasteiger partial charge in [0.05, 0.1) is 0 Å². The third kappa shape index (κ3) is 2.17. The molecular formula is C10H19NS. The van der Waals surface area contributed by atoms with Crippen LogP contribution in [0.25, 0.3) is 0 Å². The van der Waals surface area contributed by atoms with Gasteiger partial charge in [-0.15, -0.1) is 0 Å². The number of fused-ring (bicyclic) bond motifs is 1. The second kappa shape index (κ2) is 4.52.